The molecule has 3 rings (SSSR count). The number of benzene rings is 2. The minimum Gasteiger partial charge on any atom is -0.482 e. The van der Waals surface area contributed by atoms with Crippen molar-refractivity contribution in [1.29, 1.82) is 0 Å². The van der Waals surface area contributed by atoms with E-state index in [0.29, 0.717) is 23.5 Å². The van der Waals surface area contributed by atoms with E-state index in [1.807, 2.05) is 0 Å². The molecule has 2 aromatic rings. The fourth-order valence-corrected chi connectivity index (χ4v) is 2.05. The number of carbonyl (C=O) groups is 1. The van der Waals surface area contributed by atoms with Crippen molar-refractivity contribution in [3.8, 4) is 5.75 Å². The number of halogens is 2. The summed E-state index contributed by atoms with van der Waals surface area (Å²) in [5, 5.41) is 5.78. The van der Waals surface area contributed by atoms with Crippen molar-refractivity contribution in [2.75, 3.05) is 17.2 Å². The predicted octanol–water partition coefficient (Wildman–Crippen LogP) is 2.91. The van der Waals surface area contributed by atoms with Crippen molar-refractivity contribution < 1.29 is 18.3 Å². The fourth-order valence-electron chi connectivity index (χ4n) is 2.05. The molecule has 0 unspecified atom stereocenters. The Balaban J connectivity index is 1.72. The van der Waals surface area contributed by atoms with Gasteiger partial charge >= 0.3 is 0 Å². The van der Waals surface area contributed by atoms with Crippen molar-refractivity contribution in [3.05, 3.63) is 53.6 Å². The van der Waals surface area contributed by atoms with Crippen molar-refractivity contribution in [3.63, 3.8) is 0 Å². The smallest absolute Gasteiger partial charge is 0.262 e. The van der Waals surface area contributed by atoms with Crippen molar-refractivity contribution >= 4 is 17.3 Å². The lowest BCUT2D eigenvalue weighted by atomic mass is 10.2. The maximum absolute atomic E-state index is 13.1. The van der Waals surface area contributed by atoms with E-state index in [1.165, 1.54) is 6.07 Å². The lowest BCUT2D eigenvalue weighted by Gasteiger charge is -2.19. The van der Waals surface area contributed by atoms with Gasteiger partial charge in [0.05, 0.1) is 5.69 Å². The summed E-state index contributed by atoms with van der Waals surface area (Å²) in [6.45, 7) is 0.347. The second-order valence-corrected chi connectivity index (χ2v) is 4.65. The van der Waals surface area contributed by atoms with Crippen LogP contribution in [0.25, 0.3) is 0 Å². The van der Waals surface area contributed by atoms with Gasteiger partial charge < -0.3 is 15.4 Å². The topological polar surface area (TPSA) is 50.4 Å². The largest absolute Gasteiger partial charge is 0.482 e. The molecule has 0 fully saturated rings. The zero-order chi connectivity index (χ0) is 14.8. The number of hydrogen-bond acceptors (Lipinski definition) is 3. The highest BCUT2D eigenvalue weighted by atomic mass is 19.2. The summed E-state index contributed by atoms with van der Waals surface area (Å²) in [6.07, 6.45) is 0. The standard InChI is InChI=1S/C15H12F2N2O2/c16-11-3-1-9(5-12(11)17)7-18-10-2-4-14-13(6-10)19-15(20)8-21-14/h1-6,18H,7-8H2,(H,19,20). The molecule has 1 aliphatic rings. The lowest BCUT2D eigenvalue weighted by Crippen LogP contribution is -2.25. The van der Waals surface area contributed by atoms with Crippen LogP contribution in [0.5, 0.6) is 5.75 Å². The number of nitrogens with one attached hydrogen (secondary N) is 2. The van der Waals surface area contributed by atoms with E-state index in [9.17, 15) is 13.6 Å². The molecule has 0 spiro atoms. The van der Waals surface area contributed by atoms with Crippen LogP contribution in [0.4, 0.5) is 20.2 Å². The highest BCUT2D eigenvalue weighted by molar-refractivity contribution is 5.96. The summed E-state index contributed by atoms with van der Waals surface area (Å²) in [5.41, 5.74) is 1.94. The molecule has 0 atom stereocenters. The van der Waals surface area contributed by atoms with E-state index >= 15 is 0 Å². The van der Waals surface area contributed by atoms with Crippen LogP contribution >= 0.6 is 0 Å². The van der Waals surface area contributed by atoms with Gasteiger partial charge in [0.15, 0.2) is 18.2 Å². The molecule has 1 aliphatic heterocycles. The Morgan fingerprint density at radius 3 is 2.81 bits per heavy atom. The van der Waals surface area contributed by atoms with Gasteiger partial charge in [-0.25, -0.2) is 8.78 Å². The van der Waals surface area contributed by atoms with E-state index in [2.05, 4.69) is 10.6 Å². The van der Waals surface area contributed by atoms with E-state index in [4.69, 9.17) is 4.74 Å². The highest BCUT2D eigenvalue weighted by Gasteiger charge is 2.15. The number of carbonyl (C=O) groups excluding carboxylic acids is 1. The van der Waals surface area contributed by atoms with Gasteiger partial charge in [-0.2, -0.15) is 0 Å². The first-order valence-electron chi connectivity index (χ1n) is 6.36. The third kappa shape index (κ3) is 2.94. The molecule has 2 N–H and O–H groups in total. The quantitative estimate of drug-likeness (QED) is 0.914. The van der Waals surface area contributed by atoms with E-state index in [-0.39, 0.29) is 12.5 Å². The molecular weight excluding hydrogens is 278 g/mol. The summed E-state index contributed by atoms with van der Waals surface area (Å²) in [6, 6.07) is 9.00. The summed E-state index contributed by atoms with van der Waals surface area (Å²) >= 11 is 0. The molecule has 0 saturated heterocycles. The molecule has 0 bridgehead atoms. The molecule has 4 nitrogen and oxygen atoms in total. The first-order valence-corrected chi connectivity index (χ1v) is 6.36. The first-order chi connectivity index (χ1) is 10.1. The highest BCUT2D eigenvalue weighted by Crippen LogP contribution is 2.30. The monoisotopic (exact) mass is 290 g/mol. The fraction of sp³-hybridized carbons (Fsp3) is 0.133. The van der Waals surface area contributed by atoms with Crippen molar-refractivity contribution in [2.45, 2.75) is 6.54 Å². The summed E-state index contributed by atoms with van der Waals surface area (Å²) < 4.78 is 31.2. The first kappa shape index (κ1) is 13.4. The van der Waals surface area contributed by atoms with Gasteiger partial charge in [0, 0.05) is 12.2 Å². The van der Waals surface area contributed by atoms with Crippen molar-refractivity contribution in [2.24, 2.45) is 0 Å². The molecule has 21 heavy (non-hydrogen) atoms. The summed E-state index contributed by atoms with van der Waals surface area (Å²) in [4.78, 5) is 11.3. The summed E-state index contributed by atoms with van der Waals surface area (Å²) in [5.74, 6) is -1.35. The maximum atomic E-state index is 13.1. The Morgan fingerprint density at radius 2 is 2.00 bits per heavy atom. The van der Waals surface area contributed by atoms with Crippen LogP contribution in [0.15, 0.2) is 36.4 Å². The minimum atomic E-state index is -0.875. The molecule has 2 aromatic carbocycles. The number of amides is 1. The zero-order valence-electron chi connectivity index (χ0n) is 11.0. The number of fused-ring (bicyclic) bond motifs is 1. The molecule has 0 aromatic heterocycles. The van der Waals surface area contributed by atoms with Gasteiger partial charge in [0.2, 0.25) is 0 Å². The molecule has 108 valence electrons. The number of anilines is 2. The Hall–Kier alpha value is -2.63. The minimum absolute atomic E-state index is 0.00856. The Labute approximate surface area is 119 Å². The number of rotatable bonds is 3. The third-order valence-corrected chi connectivity index (χ3v) is 3.09. The molecular formula is C15H12F2N2O2. The van der Waals surface area contributed by atoms with Crippen LogP contribution in [-0.4, -0.2) is 12.5 Å². The van der Waals surface area contributed by atoms with Crippen LogP contribution in [0.2, 0.25) is 0 Å². The van der Waals surface area contributed by atoms with Crippen molar-refractivity contribution in [1.82, 2.24) is 0 Å². The van der Waals surface area contributed by atoms with Gasteiger partial charge in [-0.3, -0.25) is 4.79 Å². The van der Waals surface area contributed by atoms with Gasteiger partial charge in [-0.05, 0) is 35.9 Å². The molecule has 0 radical (unpaired) electrons. The predicted molar refractivity (Wildman–Crippen MR) is 74.3 cm³/mol. The molecule has 0 saturated carbocycles. The van der Waals surface area contributed by atoms with E-state index in [1.54, 1.807) is 18.2 Å². The number of ether oxygens (including phenoxy) is 1. The van der Waals surface area contributed by atoms with Crippen LogP contribution in [0.1, 0.15) is 5.56 Å². The van der Waals surface area contributed by atoms with Crippen LogP contribution in [0.3, 0.4) is 0 Å². The van der Waals surface area contributed by atoms with E-state index < -0.39 is 11.6 Å². The van der Waals surface area contributed by atoms with Crippen LogP contribution in [0, 0.1) is 11.6 Å². The van der Waals surface area contributed by atoms with Crippen LogP contribution in [-0.2, 0) is 11.3 Å². The zero-order valence-corrected chi connectivity index (χ0v) is 11.0. The average molecular weight is 290 g/mol. The Morgan fingerprint density at radius 1 is 1.14 bits per heavy atom. The molecule has 0 aliphatic carbocycles. The van der Waals surface area contributed by atoms with Gasteiger partial charge in [0.1, 0.15) is 5.75 Å². The Kier molecular flexibility index (Phi) is 3.43. The average Bonchev–Trinajstić information content (AvgIpc) is 2.48. The van der Waals surface area contributed by atoms with Gasteiger partial charge in [-0.15, -0.1) is 0 Å². The normalized spacial score (nSPS) is 13.1. The Bertz CT molecular complexity index is 704. The third-order valence-electron chi connectivity index (χ3n) is 3.09. The second-order valence-electron chi connectivity index (χ2n) is 4.65. The second kappa shape index (κ2) is 5.40. The summed E-state index contributed by atoms with van der Waals surface area (Å²) in [7, 11) is 0. The van der Waals surface area contributed by atoms with Gasteiger partial charge in [0.25, 0.3) is 5.91 Å². The molecule has 1 amide bonds. The molecule has 6 heteroatoms. The lowest BCUT2D eigenvalue weighted by molar-refractivity contribution is -0.118. The van der Waals surface area contributed by atoms with E-state index in [0.717, 1.165) is 17.8 Å². The molecule has 1 heterocycles. The SMILES string of the molecule is O=C1COc2ccc(NCc3ccc(F)c(F)c3)cc2N1. The number of hydrogen-bond donors (Lipinski definition) is 2. The van der Waals surface area contributed by atoms with Crippen LogP contribution < -0.4 is 15.4 Å². The van der Waals surface area contributed by atoms with Gasteiger partial charge in [-0.1, -0.05) is 6.07 Å². The maximum Gasteiger partial charge on any atom is 0.262 e.